The van der Waals surface area contributed by atoms with Crippen LogP contribution in [-0.4, -0.2) is 33.4 Å². The molecule has 1 saturated heterocycles. The van der Waals surface area contributed by atoms with Crippen LogP contribution in [0.5, 0.6) is 0 Å². The third-order valence-corrected chi connectivity index (χ3v) is 5.76. The molecule has 1 aromatic heterocycles. The van der Waals surface area contributed by atoms with E-state index in [4.69, 9.17) is 0 Å². The van der Waals surface area contributed by atoms with Gasteiger partial charge < -0.3 is 5.32 Å². The molecule has 1 N–H and O–H groups in total. The number of nitrogens with zero attached hydrogens (tertiary/aromatic N) is 3. The Hall–Kier alpha value is -2.86. The fourth-order valence-electron chi connectivity index (χ4n) is 4.16. The Morgan fingerprint density at radius 3 is 2.69 bits per heavy atom. The molecule has 3 aromatic rings. The first-order valence-electron chi connectivity index (χ1n) is 10.1. The first-order valence-corrected chi connectivity index (χ1v) is 10.1. The second-order valence-electron chi connectivity index (χ2n) is 7.77. The third kappa shape index (κ3) is 4.12. The molecule has 1 atom stereocenters. The Balaban J connectivity index is 1.51. The predicted molar refractivity (Wildman–Crippen MR) is 114 cm³/mol. The van der Waals surface area contributed by atoms with E-state index in [1.54, 1.807) is 10.7 Å². The molecule has 152 valence electrons. The smallest absolute Gasteiger partial charge is 0.276 e. The molecule has 0 spiro atoms. The molecular formula is C23H27FN4O. The second-order valence-corrected chi connectivity index (χ2v) is 7.77. The molecule has 29 heavy (non-hydrogen) atoms. The SMILES string of the molecule is Cc1c(CN2CCC[C@H](Nc3cccc(F)c3)C2)c(=O)n(-c2ccccc2)n1C. The van der Waals surface area contributed by atoms with Crippen LogP contribution in [-0.2, 0) is 13.6 Å². The van der Waals surface area contributed by atoms with Gasteiger partial charge in [0.25, 0.3) is 5.56 Å². The van der Waals surface area contributed by atoms with E-state index in [1.807, 2.05) is 55.1 Å². The number of piperidine rings is 1. The Bertz CT molecular complexity index is 1040. The fourth-order valence-corrected chi connectivity index (χ4v) is 4.16. The minimum Gasteiger partial charge on any atom is -0.381 e. The third-order valence-electron chi connectivity index (χ3n) is 5.76. The number of hydrogen-bond acceptors (Lipinski definition) is 3. The highest BCUT2D eigenvalue weighted by Crippen LogP contribution is 2.19. The number of benzene rings is 2. The largest absolute Gasteiger partial charge is 0.381 e. The van der Waals surface area contributed by atoms with Crippen molar-refractivity contribution in [2.24, 2.45) is 7.05 Å². The van der Waals surface area contributed by atoms with Crippen molar-refractivity contribution in [3.05, 3.63) is 82.0 Å². The summed E-state index contributed by atoms with van der Waals surface area (Å²) in [5.41, 5.74) is 3.54. The molecule has 0 aliphatic carbocycles. The Morgan fingerprint density at radius 2 is 1.93 bits per heavy atom. The number of halogens is 1. The van der Waals surface area contributed by atoms with E-state index in [1.165, 1.54) is 12.1 Å². The van der Waals surface area contributed by atoms with Gasteiger partial charge in [0.05, 0.1) is 11.3 Å². The maximum atomic E-state index is 13.5. The molecule has 0 saturated carbocycles. The van der Waals surface area contributed by atoms with Crippen LogP contribution in [0.4, 0.5) is 10.1 Å². The van der Waals surface area contributed by atoms with E-state index in [0.717, 1.165) is 48.6 Å². The van der Waals surface area contributed by atoms with Crippen molar-refractivity contribution in [3.63, 3.8) is 0 Å². The number of aromatic nitrogens is 2. The van der Waals surface area contributed by atoms with Gasteiger partial charge in [-0.05, 0) is 56.6 Å². The lowest BCUT2D eigenvalue weighted by molar-refractivity contribution is 0.207. The maximum Gasteiger partial charge on any atom is 0.276 e. The zero-order valence-electron chi connectivity index (χ0n) is 16.9. The Morgan fingerprint density at radius 1 is 1.14 bits per heavy atom. The second kappa shape index (κ2) is 8.25. The van der Waals surface area contributed by atoms with Gasteiger partial charge in [-0.15, -0.1) is 0 Å². The van der Waals surface area contributed by atoms with Gasteiger partial charge in [-0.25, -0.2) is 9.07 Å². The van der Waals surface area contributed by atoms with E-state index in [2.05, 4.69) is 10.2 Å². The molecule has 6 heteroatoms. The van der Waals surface area contributed by atoms with Gasteiger partial charge in [0.1, 0.15) is 5.82 Å². The average Bonchev–Trinajstić information content (AvgIpc) is 2.92. The standard InChI is InChI=1S/C23H27FN4O/c1-17-22(23(29)28(26(17)2)21-11-4-3-5-12-21)16-27-13-7-10-20(15-27)25-19-9-6-8-18(24)14-19/h3-6,8-9,11-12,14,20,25H,7,10,13,15-16H2,1-2H3/t20-/m0/s1. The van der Waals surface area contributed by atoms with E-state index < -0.39 is 0 Å². The molecule has 0 radical (unpaired) electrons. The summed E-state index contributed by atoms with van der Waals surface area (Å²) in [6.45, 7) is 4.42. The van der Waals surface area contributed by atoms with Crippen LogP contribution >= 0.6 is 0 Å². The van der Waals surface area contributed by atoms with Crippen LogP contribution in [0.25, 0.3) is 5.69 Å². The van der Waals surface area contributed by atoms with Crippen LogP contribution < -0.4 is 10.9 Å². The Labute approximate surface area is 170 Å². The molecule has 1 aliphatic heterocycles. The van der Waals surface area contributed by atoms with E-state index in [-0.39, 0.29) is 17.4 Å². The van der Waals surface area contributed by atoms with Crippen molar-refractivity contribution in [1.82, 2.24) is 14.3 Å². The van der Waals surface area contributed by atoms with Crippen LogP contribution in [0.1, 0.15) is 24.1 Å². The molecule has 0 amide bonds. The highest BCUT2D eigenvalue weighted by molar-refractivity contribution is 5.44. The summed E-state index contributed by atoms with van der Waals surface area (Å²) in [5, 5.41) is 3.44. The predicted octanol–water partition coefficient (Wildman–Crippen LogP) is 3.70. The number of anilines is 1. The lowest BCUT2D eigenvalue weighted by Crippen LogP contribution is -2.42. The van der Waals surface area contributed by atoms with Crippen LogP contribution in [0.15, 0.2) is 59.4 Å². The molecule has 0 unspecified atom stereocenters. The molecule has 1 aliphatic rings. The zero-order chi connectivity index (χ0) is 20.4. The van der Waals surface area contributed by atoms with Gasteiger partial charge in [0, 0.05) is 37.6 Å². The minimum absolute atomic E-state index is 0.0383. The van der Waals surface area contributed by atoms with Crippen molar-refractivity contribution in [2.45, 2.75) is 32.4 Å². The van der Waals surface area contributed by atoms with Crippen molar-refractivity contribution in [1.29, 1.82) is 0 Å². The fraction of sp³-hybridized carbons (Fsp3) is 0.348. The molecule has 2 aromatic carbocycles. The molecule has 2 heterocycles. The number of hydrogen-bond donors (Lipinski definition) is 1. The van der Waals surface area contributed by atoms with Gasteiger partial charge in [-0.1, -0.05) is 24.3 Å². The maximum absolute atomic E-state index is 13.5. The number of likely N-dealkylation sites (tertiary alicyclic amines) is 1. The lowest BCUT2D eigenvalue weighted by atomic mass is 10.0. The van der Waals surface area contributed by atoms with Gasteiger partial charge in [0.2, 0.25) is 0 Å². The zero-order valence-corrected chi connectivity index (χ0v) is 16.9. The van der Waals surface area contributed by atoms with E-state index >= 15 is 0 Å². The molecule has 5 nitrogen and oxygen atoms in total. The average molecular weight is 394 g/mol. The highest BCUT2D eigenvalue weighted by atomic mass is 19.1. The van der Waals surface area contributed by atoms with E-state index in [0.29, 0.717) is 6.54 Å². The number of para-hydroxylation sites is 1. The van der Waals surface area contributed by atoms with Crippen molar-refractivity contribution in [2.75, 3.05) is 18.4 Å². The van der Waals surface area contributed by atoms with Crippen molar-refractivity contribution in [3.8, 4) is 5.69 Å². The highest BCUT2D eigenvalue weighted by Gasteiger charge is 2.23. The molecular weight excluding hydrogens is 367 g/mol. The van der Waals surface area contributed by atoms with Crippen molar-refractivity contribution < 1.29 is 4.39 Å². The topological polar surface area (TPSA) is 42.2 Å². The summed E-state index contributed by atoms with van der Waals surface area (Å²) in [5.74, 6) is -0.232. The first kappa shape index (κ1) is 19.5. The summed E-state index contributed by atoms with van der Waals surface area (Å²) >= 11 is 0. The van der Waals surface area contributed by atoms with Crippen molar-refractivity contribution >= 4 is 5.69 Å². The summed E-state index contributed by atoms with van der Waals surface area (Å²) < 4.78 is 17.1. The first-order chi connectivity index (χ1) is 14.0. The summed E-state index contributed by atoms with van der Waals surface area (Å²) in [7, 11) is 1.93. The number of nitrogens with one attached hydrogen (secondary N) is 1. The lowest BCUT2D eigenvalue weighted by Gasteiger charge is -2.33. The number of rotatable bonds is 5. The van der Waals surface area contributed by atoms with Gasteiger partial charge in [0.15, 0.2) is 0 Å². The monoisotopic (exact) mass is 394 g/mol. The Kier molecular flexibility index (Phi) is 5.53. The van der Waals surface area contributed by atoms with Crippen LogP contribution in [0.3, 0.4) is 0 Å². The van der Waals surface area contributed by atoms with Crippen LogP contribution in [0.2, 0.25) is 0 Å². The van der Waals surface area contributed by atoms with Gasteiger partial charge in [-0.3, -0.25) is 14.4 Å². The quantitative estimate of drug-likeness (QED) is 0.718. The molecule has 0 bridgehead atoms. The van der Waals surface area contributed by atoms with E-state index in [9.17, 15) is 9.18 Å². The normalized spacial score (nSPS) is 17.4. The summed E-state index contributed by atoms with van der Waals surface area (Å²) in [4.78, 5) is 15.5. The summed E-state index contributed by atoms with van der Waals surface area (Å²) in [6, 6.07) is 16.6. The van der Waals surface area contributed by atoms with Crippen LogP contribution in [0, 0.1) is 12.7 Å². The molecule has 1 fully saturated rings. The van der Waals surface area contributed by atoms with Gasteiger partial charge >= 0.3 is 0 Å². The molecule has 4 rings (SSSR count). The minimum atomic E-state index is -0.232. The van der Waals surface area contributed by atoms with Gasteiger partial charge in [-0.2, -0.15) is 0 Å². The summed E-state index contributed by atoms with van der Waals surface area (Å²) in [6.07, 6.45) is 2.08.